The molecule has 0 radical (unpaired) electrons. The van der Waals surface area contributed by atoms with Gasteiger partial charge in [0.25, 0.3) is 0 Å². The van der Waals surface area contributed by atoms with Crippen molar-refractivity contribution in [2.45, 2.75) is 26.9 Å². The molecule has 0 amide bonds. The standard InChI is InChI=1S/C16H28N2O2/c1-5-6-18(7-8-19-4)12-16-9-15(13-20-16)11-17-10-14(2)3/h5,9,13-14,17H,1,6-8,10-12H2,2-4H3. The zero-order chi connectivity index (χ0) is 14.8. The molecule has 0 aromatic carbocycles. The van der Waals surface area contributed by atoms with Gasteiger partial charge in [-0.2, -0.15) is 0 Å². The van der Waals surface area contributed by atoms with Crippen LogP contribution in [0, 0.1) is 5.92 Å². The van der Waals surface area contributed by atoms with E-state index in [2.05, 4.69) is 36.7 Å². The van der Waals surface area contributed by atoms with E-state index in [1.807, 2.05) is 12.3 Å². The Morgan fingerprint density at radius 3 is 2.95 bits per heavy atom. The second kappa shape index (κ2) is 9.75. The second-order valence-electron chi connectivity index (χ2n) is 5.46. The normalized spacial score (nSPS) is 11.4. The number of rotatable bonds is 11. The van der Waals surface area contributed by atoms with E-state index in [4.69, 9.17) is 9.15 Å². The van der Waals surface area contributed by atoms with Crippen molar-refractivity contribution < 1.29 is 9.15 Å². The molecule has 1 rings (SSSR count). The molecule has 0 saturated heterocycles. The maximum absolute atomic E-state index is 5.62. The Hall–Kier alpha value is -1.10. The van der Waals surface area contributed by atoms with E-state index < -0.39 is 0 Å². The minimum absolute atomic E-state index is 0.665. The lowest BCUT2D eigenvalue weighted by Gasteiger charge is -2.18. The Labute approximate surface area is 122 Å². The molecule has 0 spiro atoms. The zero-order valence-electron chi connectivity index (χ0n) is 13.0. The van der Waals surface area contributed by atoms with Crippen molar-refractivity contribution in [3.63, 3.8) is 0 Å². The van der Waals surface area contributed by atoms with Crippen molar-refractivity contribution in [1.29, 1.82) is 0 Å². The van der Waals surface area contributed by atoms with Gasteiger partial charge in [0.15, 0.2) is 0 Å². The first kappa shape index (κ1) is 17.0. The third kappa shape index (κ3) is 6.89. The number of methoxy groups -OCH3 is 1. The quantitative estimate of drug-likeness (QED) is 0.632. The van der Waals surface area contributed by atoms with Gasteiger partial charge in [0, 0.05) is 32.3 Å². The average molecular weight is 280 g/mol. The summed E-state index contributed by atoms with van der Waals surface area (Å²) in [6, 6.07) is 2.12. The van der Waals surface area contributed by atoms with Gasteiger partial charge < -0.3 is 14.5 Å². The number of nitrogens with zero attached hydrogens (tertiary/aromatic N) is 1. The third-order valence-corrected chi connectivity index (χ3v) is 2.97. The molecule has 20 heavy (non-hydrogen) atoms. The molecule has 0 unspecified atom stereocenters. The van der Waals surface area contributed by atoms with Crippen molar-refractivity contribution in [2.24, 2.45) is 5.92 Å². The molecular weight excluding hydrogens is 252 g/mol. The molecular formula is C16H28N2O2. The monoisotopic (exact) mass is 280 g/mol. The van der Waals surface area contributed by atoms with Crippen LogP contribution in [0.15, 0.2) is 29.4 Å². The first-order valence-electron chi connectivity index (χ1n) is 7.25. The second-order valence-corrected chi connectivity index (χ2v) is 5.46. The Morgan fingerprint density at radius 2 is 2.30 bits per heavy atom. The van der Waals surface area contributed by atoms with Crippen LogP contribution in [0.3, 0.4) is 0 Å². The molecule has 114 valence electrons. The summed E-state index contributed by atoms with van der Waals surface area (Å²) in [4.78, 5) is 2.25. The Bertz CT molecular complexity index is 374. The first-order chi connectivity index (χ1) is 9.65. The maximum atomic E-state index is 5.62. The summed E-state index contributed by atoms with van der Waals surface area (Å²) < 4.78 is 10.7. The van der Waals surface area contributed by atoms with Crippen LogP contribution >= 0.6 is 0 Å². The summed E-state index contributed by atoms with van der Waals surface area (Å²) in [5.41, 5.74) is 1.20. The predicted molar refractivity (Wildman–Crippen MR) is 82.6 cm³/mol. The fourth-order valence-corrected chi connectivity index (χ4v) is 1.97. The molecule has 4 heteroatoms. The van der Waals surface area contributed by atoms with Crippen LogP contribution in [0.4, 0.5) is 0 Å². The Kier molecular flexibility index (Phi) is 8.26. The first-order valence-corrected chi connectivity index (χ1v) is 7.25. The number of hydrogen-bond acceptors (Lipinski definition) is 4. The van der Waals surface area contributed by atoms with E-state index in [-0.39, 0.29) is 0 Å². The minimum atomic E-state index is 0.665. The highest BCUT2D eigenvalue weighted by Gasteiger charge is 2.08. The lowest BCUT2D eigenvalue weighted by atomic mass is 10.2. The lowest BCUT2D eigenvalue weighted by molar-refractivity contribution is 0.147. The van der Waals surface area contributed by atoms with Crippen LogP contribution < -0.4 is 5.32 Å². The van der Waals surface area contributed by atoms with Gasteiger partial charge in [0.05, 0.1) is 19.4 Å². The molecule has 1 N–H and O–H groups in total. The summed E-state index contributed by atoms with van der Waals surface area (Å²) in [6.45, 7) is 13.3. The summed E-state index contributed by atoms with van der Waals surface area (Å²) in [7, 11) is 1.72. The van der Waals surface area contributed by atoms with Gasteiger partial charge in [-0.3, -0.25) is 4.90 Å². The molecule has 0 fully saturated rings. The molecule has 4 nitrogen and oxygen atoms in total. The molecule has 1 heterocycles. The Morgan fingerprint density at radius 1 is 1.50 bits per heavy atom. The van der Waals surface area contributed by atoms with Gasteiger partial charge in [-0.25, -0.2) is 0 Å². The van der Waals surface area contributed by atoms with Crippen molar-refractivity contribution in [2.75, 3.05) is 33.4 Å². The molecule has 1 aromatic rings. The molecule has 0 atom stereocenters. The van der Waals surface area contributed by atoms with E-state index in [9.17, 15) is 0 Å². The van der Waals surface area contributed by atoms with Gasteiger partial charge in [0.2, 0.25) is 0 Å². The lowest BCUT2D eigenvalue weighted by Crippen LogP contribution is -2.26. The highest BCUT2D eigenvalue weighted by atomic mass is 16.5. The average Bonchev–Trinajstić information content (AvgIpc) is 2.83. The SMILES string of the molecule is C=CCN(CCOC)Cc1cc(CNCC(C)C)co1. The molecule has 0 aliphatic heterocycles. The van der Waals surface area contributed by atoms with Crippen LogP contribution in [0.5, 0.6) is 0 Å². The van der Waals surface area contributed by atoms with Crippen LogP contribution in [0.2, 0.25) is 0 Å². The topological polar surface area (TPSA) is 37.6 Å². The van der Waals surface area contributed by atoms with Crippen molar-refractivity contribution in [3.05, 3.63) is 36.3 Å². The summed E-state index contributed by atoms with van der Waals surface area (Å²) in [5, 5.41) is 3.42. The largest absolute Gasteiger partial charge is 0.468 e. The van der Waals surface area contributed by atoms with Crippen molar-refractivity contribution in [3.8, 4) is 0 Å². The minimum Gasteiger partial charge on any atom is -0.468 e. The number of nitrogens with one attached hydrogen (secondary N) is 1. The van der Waals surface area contributed by atoms with Crippen LogP contribution in [-0.2, 0) is 17.8 Å². The number of ether oxygens (including phenoxy) is 1. The van der Waals surface area contributed by atoms with E-state index in [0.29, 0.717) is 5.92 Å². The van der Waals surface area contributed by atoms with E-state index in [0.717, 1.165) is 45.1 Å². The number of hydrogen-bond donors (Lipinski definition) is 1. The summed E-state index contributed by atoms with van der Waals surface area (Å²) >= 11 is 0. The predicted octanol–water partition coefficient (Wildman–Crippen LogP) is 2.66. The van der Waals surface area contributed by atoms with Crippen LogP contribution in [0.25, 0.3) is 0 Å². The fraction of sp³-hybridized carbons (Fsp3) is 0.625. The maximum Gasteiger partial charge on any atom is 0.118 e. The van der Waals surface area contributed by atoms with Gasteiger partial charge in [0.1, 0.15) is 5.76 Å². The molecule has 0 bridgehead atoms. The highest BCUT2D eigenvalue weighted by Crippen LogP contribution is 2.11. The van der Waals surface area contributed by atoms with Gasteiger partial charge in [-0.15, -0.1) is 6.58 Å². The molecule has 1 aromatic heterocycles. The van der Waals surface area contributed by atoms with Crippen LogP contribution in [0.1, 0.15) is 25.2 Å². The van der Waals surface area contributed by atoms with E-state index in [1.54, 1.807) is 7.11 Å². The molecule has 0 aliphatic carbocycles. The van der Waals surface area contributed by atoms with Crippen molar-refractivity contribution >= 4 is 0 Å². The van der Waals surface area contributed by atoms with Gasteiger partial charge >= 0.3 is 0 Å². The van der Waals surface area contributed by atoms with Crippen LogP contribution in [-0.4, -0.2) is 38.3 Å². The van der Waals surface area contributed by atoms with Crippen molar-refractivity contribution in [1.82, 2.24) is 10.2 Å². The third-order valence-electron chi connectivity index (χ3n) is 2.97. The Balaban J connectivity index is 2.41. The molecule has 0 saturated carbocycles. The fourth-order valence-electron chi connectivity index (χ4n) is 1.97. The highest BCUT2D eigenvalue weighted by molar-refractivity contribution is 5.12. The zero-order valence-corrected chi connectivity index (χ0v) is 13.0. The number of furan rings is 1. The smallest absolute Gasteiger partial charge is 0.118 e. The van der Waals surface area contributed by atoms with E-state index in [1.165, 1.54) is 5.56 Å². The van der Waals surface area contributed by atoms with Gasteiger partial charge in [-0.1, -0.05) is 19.9 Å². The summed E-state index contributed by atoms with van der Waals surface area (Å²) in [5.74, 6) is 1.66. The molecule has 0 aliphatic rings. The van der Waals surface area contributed by atoms with E-state index >= 15 is 0 Å². The summed E-state index contributed by atoms with van der Waals surface area (Å²) in [6.07, 6.45) is 3.74. The van der Waals surface area contributed by atoms with Gasteiger partial charge in [-0.05, 0) is 18.5 Å².